The van der Waals surface area contributed by atoms with Crippen LogP contribution in [0.15, 0.2) is 17.0 Å². The van der Waals surface area contributed by atoms with Crippen LogP contribution in [0.4, 0.5) is 5.82 Å². The first-order valence-electron chi connectivity index (χ1n) is 10.6. The van der Waals surface area contributed by atoms with E-state index < -0.39 is 10.0 Å². The highest BCUT2D eigenvalue weighted by molar-refractivity contribution is 7.98. The van der Waals surface area contributed by atoms with Gasteiger partial charge in [-0.1, -0.05) is 20.8 Å². The Morgan fingerprint density at radius 1 is 1.13 bits per heavy atom. The van der Waals surface area contributed by atoms with Crippen LogP contribution < -0.4 is 5.32 Å². The number of aromatic nitrogens is 1. The maximum atomic E-state index is 12.7. The van der Waals surface area contributed by atoms with Gasteiger partial charge >= 0.3 is 0 Å². The first kappa shape index (κ1) is 25.6. The summed E-state index contributed by atoms with van der Waals surface area (Å²) in [4.78, 5) is 32.1. The fraction of sp³-hybridized carbons (Fsp3) is 0.667. The Balaban J connectivity index is 1.95. The number of thioether (sulfide) groups is 1. The molecule has 1 atom stereocenters. The lowest BCUT2D eigenvalue weighted by Crippen LogP contribution is -2.50. The highest BCUT2D eigenvalue weighted by Gasteiger charge is 2.26. The fourth-order valence-corrected chi connectivity index (χ4v) is 4.85. The quantitative estimate of drug-likeness (QED) is 0.557. The Kier molecular flexibility index (Phi) is 9.32. The van der Waals surface area contributed by atoms with E-state index in [0.717, 1.165) is 10.6 Å². The molecule has 0 aliphatic carbocycles. The van der Waals surface area contributed by atoms with Crippen LogP contribution in [0, 0.1) is 11.8 Å². The molecule has 1 saturated heterocycles. The van der Waals surface area contributed by atoms with Gasteiger partial charge < -0.3 is 10.2 Å². The molecule has 8 nitrogen and oxygen atoms in total. The number of nitrogens with zero attached hydrogens (tertiary/aromatic N) is 3. The Bertz CT molecular complexity index is 881. The fourth-order valence-electron chi connectivity index (χ4n) is 3.54. The molecular weight excluding hydrogens is 436 g/mol. The van der Waals surface area contributed by atoms with Gasteiger partial charge in [-0.3, -0.25) is 9.59 Å². The lowest BCUT2D eigenvalue weighted by atomic mass is 10.0. The number of piperazine rings is 1. The van der Waals surface area contributed by atoms with Crippen LogP contribution >= 0.6 is 11.8 Å². The Hall–Kier alpha value is -1.65. The smallest absolute Gasteiger partial charge is 0.225 e. The lowest BCUT2D eigenvalue weighted by molar-refractivity contribution is -0.133. The molecule has 31 heavy (non-hydrogen) atoms. The standard InChI is InChI=1S/C21H34N4O4S2/c1-15(2)10-20(26)23-19-14-18(30-4)13-17(22-19)11-16(3)12-21(27)24-6-8-25(9-7-24)31(5,28)29/h13-16H,6-12H2,1-5H3,(H,22,23,26)/t16-/m0/s1. The summed E-state index contributed by atoms with van der Waals surface area (Å²) in [5, 5.41) is 2.88. The molecule has 1 aliphatic rings. The van der Waals surface area contributed by atoms with Crippen LogP contribution in [0.25, 0.3) is 0 Å². The van der Waals surface area contributed by atoms with Crippen LogP contribution in [0.5, 0.6) is 0 Å². The minimum Gasteiger partial charge on any atom is -0.340 e. The summed E-state index contributed by atoms with van der Waals surface area (Å²) in [5.74, 6) is 0.871. The number of rotatable bonds is 9. The highest BCUT2D eigenvalue weighted by atomic mass is 32.2. The summed E-state index contributed by atoms with van der Waals surface area (Å²) >= 11 is 1.58. The molecule has 0 bridgehead atoms. The van der Waals surface area contributed by atoms with Crippen LogP contribution in [0.1, 0.15) is 39.3 Å². The first-order chi connectivity index (χ1) is 14.5. The van der Waals surface area contributed by atoms with Crippen LogP contribution in [0.3, 0.4) is 0 Å². The molecular formula is C21H34N4O4S2. The van der Waals surface area contributed by atoms with Crippen molar-refractivity contribution in [3.8, 4) is 0 Å². The maximum Gasteiger partial charge on any atom is 0.225 e. The van der Waals surface area contributed by atoms with Gasteiger partial charge in [-0.15, -0.1) is 11.8 Å². The van der Waals surface area contributed by atoms with Crippen molar-refractivity contribution in [3.63, 3.8) is 0 Å². The van der Waals surface area contributed by atoms with Gasteiger partial charge in [0.15, 0.2) is 0 Å². The van der Waals surface area contributed by atoms with Gasteiger partial charge in [-0.05, 0) is 36.6 Å². The topological polar surface area (TPSA) is 99.7 Å². The van der Waals surface area contributed by atoms with Crippen LogP contribution in [0.2, 0.25) is 0 Å². The van der Waals surface area contributed by atoms with Crippen molar-refractivity contribution >= 4 is 39.4 Å². The van der Waals surface area contributed by atoms with E-state index in [1.165, 1.54) is 10.6 Å². The number of carbonyl (C=O) groups excluding carboxylic acids is 2. The summed E-state index contributed by atoms with van der Waals surface area (Å²) in [6.07, 6.45) is 4.61. The van der Waals surface area contributed by atoms with Crippen molar-refractivity contribution in [2.45, 2.75) is 44.9 Å². The third kappa shape index (κ3) is 8.42. The molecule has 1 N–H and O–H groups in total. The lowest BCUT2D eigenvalue weighted by Gasteiger charge is -2.33. The molecule has 0 saturated carbocycles. The summed E-state index contributed by atoms with van der Waals surface area (Å²) in [6.45, 7) is 7.53. The monoisotopic (exact) mass is 470 g/mol. The molecule has 1 fully saturated rings. The number of amides is 2. The molecule has 0 radical (unpaired) electrons. The third-order valence-corrected chi connectivity index (χ3v) is 7.10. The van der Waals surface area contributed by atoms with Gasteiger partial charge in [0.1, 0.15) is 5.82 Å². The predicted molar refractivity (Wildman–Crippen MR) is 125 cm³/mol. The van der Waals surface area contributed by atoms with Crippen molar-refractivity contribution in [3.05, 3.63) is 17.8 Å². The Labute approximate surface area is 190 Å². The summed E-state index contributed by atoms with van der Waals surface area (Å²) in [6, 6.07) is 3.86. The molecule has 0 aromatic carbocycles. The Morgan fingerprint density at radius 2 is 1.77 bits per heavy atom. The molecule has 1 aliphatic heterocycles. The molecule has 1 aromatic heterocycles. The second-order valence-electron chi connectivity index (χ2n) is 8.59. The Morgan fingerprint density at radius 3 is 2.32 bits per heavy atom. The molecule has 2 rings (SSSR count). The zero-order valence-corrected chi connectivity index (χ0v) is 20.7. The van der Waals surface area contributed by atoms with Crippen molar-refractivity contribution in [1.82, 2.24) is 14.2 Å². The number of carbonyl (C=O) groups is 2. The minimum atomic E-state index is -3.21. The average molecular weight is 471 g/mol. The van der Waals surface area contributed by atoms with E-state index in [9.17, 15) is 18.0 Å². The zero-order valence-electron chi connectivity index (χ0n) is 19.1. The predicted octanol–water partition coefficient (Wildman–Crippen LogP) is 2.46. The molecule has 0 unspecified atom stereocenters. The van der Waals surface area contributed by atoms with Crippen molar-refractivity contribution in [2.75, 3.05) is 44.0 Å². The van der Waals surface area contributed by atoms with Crippen molar-refractivity contribution in [1.29, 1.82) is 0 Å². The number of hydrogen-bond donors (Lipinski definition) is 1. The molecule has 10 heteroatoms. The third-order valence-electron chi connectivity index (χ3n) is 5.09. The van der Waals surface area contributed by atoms with Crippen molar-refractivity contribution < 1.29 is 18.0 Å². The van der Waals surface area contributed by atoms with Gasteiger partial charge in [-0.25, -0.2) is 13.4 Å². The van der Waals surface area contributed by atoms with E-state index in [-0.39, 0.29) is 23.7 Å². The van der Waals surface area contributed by atoms with Gasteiger partial charge in [0, 0.05) is 49.6 Å². The normalized spacial score (nSPS) is 16.4. The first-order valence-corrected chi connectivity index (χ1v) is 13.6. The van der Waals surface area contributed by atoms with Gasteiger partial charge in [0.05, 0.1) is 6.26 Å². The van der Waals surface area contributed by atoms with E-state index in [4.69, 9.17) is 0 Å². The summed E-state index contributed by atoms with van der Waals surface area (Å²) in [5.41, 5.74) is 0.842. The molecule has 1 aromatic rings. The van der Waals surface area contributed by atoms with Crippen LogP contribution in [-0.4, -0.2) is 73.1 Å². The van der Waals surface area contributed by atoms with Gasteiger partial charge in [0.25, 0.3) is 0 Å². The largest absolute Gasteiger partial charge is 0.340 e. The average Bonchev–Trinajstić information content (AvgIpc) is 2.66. The number of sulfonamides is 1. The number of nitrogens with one attached hydrogen (secondary N) is 1. The minimum absolute atomic E-state index is 0.0344. The SMILES string of the molecule is CSc1cc(C[C@H](C)CC(=O)N2CCN(S(C)(=O)=O)CC2)nc(NC(=O)CC(C)C)c1. The summed E-state index contributed by atoms with van der Waals surface area (Å²) < 4.78 is 24.7. The molecule has 2 heterocycles. The van der Waals surface area contributed by atoms with E-state index in [0.29, 0.717) is 51.3 Å². The second-order valence-corrected chi connectivity index (χ2v) is 11.4. The number of hydrogen-bond acceptors (Lipinski definition) is 6. The van der Waals surface area contributed by atoms with E-state index in [2.05, 4.69) is 10.3 Å². The summed E-state index contributed by atoms with van der Waals surface area (Å²) in [7, 11) is -3.21. The maximum absolute atomic E-state index is 12.7. The van der Waals surface area contributed by atoms with Crippen molar-refractivity contribution in [2.24, 2.45) is 11.8 Å². The van der Waals surface area contributed by atoms with E-state index in [1.54, 1.807) is 16.7 Å². The molecule has 0 spiro atoms. The van der Waals surface area contributed by atoms with Gasteiger partial charge in [0.2, 0.25) is 21.8 Å². The number of anilines is 1. The van der Waals surface area contributed by atoms with Crippen LogP contribution in [-0.2, 0) is 26.0 Å². The highest BCUT2D eigenvalue weighted by Crippen LogP contribution is 2.22. The van der Waals surface area contributed by atoms with E-state index >= 15 is 0 Å². The molecule has 2 amide bonds. The number of pyridine rings is 1. The second kappa shape index (κ2) is 11.3. The van der Waals surface area contributed by atoms with E-state index in [1.807, 2.05) is 39.2 Å². The molecule has 174 valence electrons. The van der Waals surface area contributed by atoms with Gasteiger partial charge in [-0.2, -0.15) is 4.31 Å². The zero-order chi connectivity index (χ0) is 23.2.